The summed E-state index contributed by atoms with van der Waals surface area (Å²) in [6.45, 7) is 1.17. The maximum absolute atomic E-state index is 12.8. The van der Waals surface area contributed by atoms with Crippen LogP contribution in [0.4, 0.5) is 0 Å². The first-order chi connectivity index (χ1) is 14.1. The highest BCUT2D eigenvalue weighted by Crippen LogP contribution is 2.44. The highest BCUT2D eigenvalue weighted by Gasteiger charge is 2.47. The summed E-state index contributed by atoms with van der Waals surface area (Å²) >= 11 is 0. The third kappa shape index (κ3) is 3.55. The number of methoxy groups -OCH3 is 2. The van der Waals surface area contributed by atoms with Crippen LogP contribution in [-0.4, -0.2) is 44.1 Å². The summed E-state index contributed by atoms with van der Waals surface area (Å²) in [7, 11) is 3.23. The molecule has 0 saturated carbocycles. The molecule has 0 N–H and O–H groups in total. The molecule has 0 bridgehead atoms. The molecule has 0 aromatic heterocycles. The summed E-state index contributed by atoms with van der Waals surface area (Å²) in [6, 6.07) is 13.2. The number of nitrogens with zero attached hydrogens (tertiary/aromatic N) is 1. The Kier molecular flexibility index (Phi) is 5.18. The predicted octanol–water partition coefficient (Wildman–Crippen LogP) is 3.32. The van der Waals surface area contributed by atoms with Gasteiger partial charge in [0.2, 0.25) is 5.91 Å². The van der Waals surface area contributed by atoms with E-state index in [1.807, 2.05) is 47.4 Å². The first-order valence-electron chi connectivity index (χ1n) is 9.88. The van der Waals surface area contributed by atoms with Crippen molar-refractivity contribution >= 4 is 11.9 Å². The lowest BCUT2D eigenvalue weighted by molar-refractivity contribution is -0.135. The van der Waals surface area contributed by atoms with Crippen molar-refractivity contribution in [1.29, 1.82) is 0 Å². The number of esters is 1. The molecule has 4 rings (SSSR count). The molecule has 0 unspecified atom stereocenters. The quantitative estimate of drug-likeness (QED) is 0.727. The third-order valence-electron chi connectivity index (χ3n) is 5.95. The lowest BCUT2D eigenvalue weighted by Gasteiger charge is -2.38. The Hall–Kier alpha value is -3.02. The van der Waals surface area contributed by atoms with Crippen LogP contribution in [0.2, 0.25) is 0 Å². The number of carbonyl (C=O) groups excluding carboxylic acids is 2. The Bertz CT molecular complexity index is 931. The minimum atomic E-state index is -0.580. The number of ether oxygens (including phenoxy) is 3. The van der Waals surface area contributed by atoms with Crippen molar-refractivity contribution in [2.24, 2.45) is 0 Å². The van der Waals surface area contributed by atoms with Crippen molar-refractivity contribution in [3.05, 3.63) is 59.2 Å². The van der Waals surface area contributed by atoms with Gasteiger partial charge in [-0.1, -0.05) is 24.3 Å². The first kappa shape index (κ1) is 19.3. The van der Waals surface area contributed by atoms with Gasteiger partial charge in [0.25, 0.3) is 0 Å². The molecule has 29 heavy (non-hydrogen) atoms. The molecule has 2 aromatic rings. The Morgan fingerprint density at radius 3 is 2.59 bits per heavy atom. The van der Waals surface area contributed by atoms with Crippen molar-refractivity contribution in [3.63, 3.8) is 0 Å². The number of carbonyl (C=O) groups is 2. The van der Waals surface area contributed by atoms with Gasteiger partial charge < -0.3 is 19.1 Å². The van der Waals surface area contributed by atoms with E-state index in [0.29, 0.717) is 44.3 Å². The third-order valence-corrected chi connectivity index (χ3v) is 5.95. The minimum absolute atomic E-state index is 0.107. The van der Waals surface area contributed by atoms with Crippen molar-refractivity contribution in [2.75, 3.05) is 27.3 Å². The molecule has 152 valence electrons. The van der Waals surface area contributed by atoms with Crippen LogP contribution in [0.3, 0.4) is 0 Å². The van der Waals surface area contributed by atoms with Crippen molar-refractivity contribution < 1.29 is 23.8 Å². The van der Waals surface area contributed by atoms with Crippen molar-refractivity contribution in [2.45, 2.75) is 31.3 Å². The fourth-order valence-electron chi connectivity index (χ4n) is 4.29. The van der Waals surface area contributed by atoms with Gasteiger partial charge in [0, 0.05) is 44.0 Å². The standard InChI is InChI=1S/C23H25NO5/c1-27-17-9-7-16(20(15-17)28-2)8-10-21(25)24-13-11-23(12-14-24)19-6-4-3-5-18(19)22(26)29-23/h3-7,9,15H,8,10-14H2,1-2H3. The number of piperidine rings is 1. The average Bonchev–Trinajstić information content (AvgIpc) is 3.04. The fraction of sp³-hybridized carbons (Fsp3) is 0.391. The average molecular weight is 395 g/mol. The van der Waals surface area contributed by atoms with E-state index in [9.17, 15) is 9.59 Å². The maximum Gasteiger partial charge on any atom is 0.339 e. The zero-order valence-corrected chi connectivity index (χ0v) is 16.8. The number of hydrogen-bond acceptors (Lipinski definition) is 5. The number of rotatable bonds is 5. The van der Waals surface area contributed by atoms with Crippen molar-refractivity contribution in [1.82, 2.24) is 4.90 Å². The van der Waals surface area contributed by atoms with Gasteiger partial charge >= 0.3 is 5.97 Å². The fourth-order valence-corrected chi connectivity index (χ4v) is 4.29. The second-order valence-corrected chi connectivity index (χ2v) is 7.49. The molecule has 6 heteroatoms. The van der Waals surface area contributed by atoms with Gasteiger partial charge in [0.15, 0.2) is 0 Å². The van der Waals surface area contributed by atoms with E-state index in [0.717, 1.165) is 22.6 Å². The Labute approximate surface area is 170 Å². The van der Waals surface area contributed by atoms with Crippen LogP contribution in [0, 0.1) is 0 Å². The number of benzene rings is 2. The topological polar surface area (TPSA) is 65.1 Å². The zero-order valence-electron chi connectivity index (χ0n) is 16.8. The van der Waals surface area contributed by atoms with Crippen LogP contribution in [0.5, 0.6) is 11.5 Å². The van der Waals surface area contributed by atoms with E-state index < -0.39 is 5.60 Å². The molecule has 2 aliphatic heterocycles. The predicted molar refractivity (Wildman–Crippen MR) is 107 cm³/mol. The SMILES string of the molecule is COc1ccc(CCC(=O)N2CCC3(CC2)OC(=O)c2ccccc23)c(OC)c1. The molecule has 2 aliphatic rings. The molecule has 0 atom stereocenters. The summed E-state index contributed by atoms with van der Waals surface area (Å²) in [5, 5.41) is 0. The number of aryl methyl sites for hydroxylation is 1. The molecular weight excluding hydrogens is 370 g/mol. The minimum Gasteiger partial charge on any atom is -0.497 e. The van der Waals surface area contributed by atoms with E-state index in [2.05, 4.69) is 0 Å². The monoisotopic (exact) mass is 395 g/mol. The van der Waals surface area contributed by atoms with Crippen LogP contribution in [0.25, 0.3) is 0 Å². The van der Waals surface area contributed by atoms with Gasteiger partial charge in [0.1, 0.15) is 17.1 Å². The highest BCUT2D eigenvalue weighted by molar-refractivity contribution is 5.94. The summed E-state index contributed by atoms with van der Waals surface area (Å²) in [5.74, 6) is 1.30. The second kappa shape index (κ2) is 7.78. The number of amides is 1. The molecule has 1 fully saturated rings. The molecule has 0 radical (unpaired) electrons. The lowest BCUT2D eigenvalue weighted by atomic mass is 9.83. The van der Waals surface area contributed by atoms with Gasteiger partial charge in [-0.2, -0.15) is 0 Å². The van der Waals surface area contributed by atoms with E-state index >= 15 is 0 Å². The molecule has 1 spiro atoms. The Morgan fingerprint density at radius 2 is 1.86 bits per heavy atom. The molecule has 0 aliphatic carbocycles. The Morgan fingerprint density at radius 1 is 1.10 bits per heavy atom. The molecule has 1 saturated heterocycles. The van der Waals surface area contributed by atoms with E-state index in [4.69, 9.17) is 14.2 Å². The van der Waals surface area contributed by atoms with Crippen molar-refractivity contribution in [3.8, 4) is 11.5 Å². The molecular formula is C23H25NO5. The van der Waals surface area contributed by atoms with E-state index in [1.165, 1.54) is 0 Å². The van der Waals surface area contributed by atoms with Crippen LogP contribution in [0.1, 0.15) is 40.7 Å². The van der Waals surface area contributed by atoms with Gasteiger partial charge in [0.05, 0.1) is 19.8 Å². The normalized spacial score (nSPS) is 17.0. The smallest absolute Gasteiger partial charge is 0.339 e. The highest BCUT2D eigenvalue weighted by atomic mass is 16.6. The van der Waals surface area contributed by atoms with E-state index in [-0.39, 0.29) is 11.9 Å². The summed E-state index contributed by atoms with van der Waals surface area (Å²) in [4.78, 5) is 26.8. The molecule has 2 aromatic carbocycles. The number of hydrogen-bond donors (Lipinski definition) is 0. The van der Waals surface area contributed by atoms with Crippen LogP contribution >= 0.6 is 0 Å². The number of likely N-dealkylation sites (tertiary alicyclic amines) is 1. The molecule has 6 nitrogen and oxygen atoms in total. The zero-order chi connectivity index (χ0) is 20.4. The van der Waals surface area contributed by atoms with Gasteiger partial charge in [-0.15, -0.1) is 0 Å². The van der Waals surface area contributed by atoms with Crippen LogP contribution in [-0.2, 0) is 21.6 Å². The first-order valence-corrected chi connectivity index (χ1v) is 9.88. The Balaban J connectivity index is 1.38. The lowest BCUT2D eigenvalue weighted by Crippen LogP contribution is -2.45. The molecule has 1 amide bonds. The van der Waals surface area contributed by atoms with Crippen LogP contribution < -0.4 is 9.47 Å². The summed E-state index contributed by atoms with van der Waals surface area (Å²) in [6.07, 6.45) is 2.28. The second-order valence-electron chi connectivity index (χ2n) is 7.49. The van der Waals surface area contributed by atoms with Crippen LogP contribution in [0.15, 0.2) is 42.5 Å². The maximum atomic E-state index is 12.8. The molecule has 2 heterocycles. The largest absolute Gasteiger partial charge is 0.497 e. The van der Waals surface area contributed by atoms with Gasteiger partial charge in [-0.3, -0.25) is 4.79 Å². The van der Waals surface area contributed by atoms with Gasteiger partial charge in [-0.05, 0) is 24.1 Å². The summed E-state index contributed by atoms with van der Waals surface area (Å²) in [5.41, 5.74) is 2.01. The summed E-state index contributed by atoms with van der Waals surface area (Å²) < 4.78 is 16.4. The van der Waals surface area contributed by atoms with E-state index in [1.54, 1.807) is 14.2 Å². The van der Waals surface area contributed by atoms with Gasteiger partial charge in [-0.25, -0.2) is 4.79 Å². The number of fused-ring (bicyclic) bond motifs is 2.